The van der Waals surface area contributed by atoms with Gasteiger partial charge in [-0.25, -0.2) is 14.6 Å². The van der Waals surface area contributed by atoms with Crippen LogP contribution in [0.5, 0.6) is 0 Å². The number of urea groups is 1. The van der Waals surface area contributed by atoms with E-state index in [4.69, 9.17) is 9.47 Å². The molecule has 3 amide bonds. The van der Waals surface area contributed by atoms with Gasteiger partial charge in [0.1, 0.15) is 19.0 Å². The number of carbonyl (C=O) groups excluding carboxylic acids is 2. The topological polar surface area (TPSA) is 121 Å². The van der Waals surface area contributed by atoms with Crippen molar-refractivity contribution in [2.75, 3.05) is 30.5 Å². The summed E-state index contributed by atoms with van der Waals surface area (Å²) >= 11 is 0. The molecule has 0 radical (unpaired) electrons. The molecule has 1 aromatic heterocycles. The molecule has 0 atom stereocenters. The summed E-state index contributed by atoms with van der Waals surface area (Å²) in [6.45, 7) is 1.35. The maximum atomic E-state index is 12.0. The highest BCUT2D eigenvalue weighted by Crippen LogP contribution is 2.22. The molecule has 2 heterocycles. The number of aromatic nitrogens is 3. The predicted octanol–water partition coefficient (Wildman–Crippen LogP) is 1.23. The summed E-state index contributed by atoms with van der Waals surface area (Å²) in [6, 6.07) is 6.57. The number of amides is 3. The Bertz CT molecular complexity index is 762. The summed E-state index contributed by atoms with van der Waals surface area (Å²) in [5.41, 5.74) is 1.23. The lowest BCUT2D eigenvalue weighted by Gasteiger charge is -2.14. The number of nitrogens with zero attached hydrogens (tertiary/aromatic N) is 3. The van der Waals surface area contributed by atoms with Crippen molar-refractivity contribution in [3.63, 3.8) is 0 Å². The van der Waals surface area contributed by atoms with Gasteiger partial charge in [-0.15, -0.1) is 0 Å². The summed E-state index contributed by atoms with van der Waals surface area (Å²) in [6.07, 6.45) is -0.390. The summed E-state index contributed by atoms with van der Waals surface area (Å²) < 4.78 is 9.83. The summed E-state index contributed by atoms with van der Waals surface area (Å²) in [7, 11) is 1.55. The maximum Gasteiger partial charge on any atom is 0.414 e. The molecule has 10 nitrogen and oxygen atoms in total. The molecule has 0 aliphatic carbocycles. The van der Waals surface area contributed by atoms with Crippen LogP contribution in [0.3, 0.4) is 0 Å². The van der Waals surface area contributed by atoms with E-state index in [1.165, 1.54) is 4.90 Å². The number of ether oxygens (including phenoxy) is 2. The minimum Gasteiger partial charge on any atom is -0.447 e. The second kappa shape index (κ2) is 7.62. The maximum absolute atomic E-state index is 12.0. The van der Waals surface area contributed by atoms with Gasteiger partial charge in [-0.3, -0.25) is 10.00 Å². The lowest BCUT2D eigenvalue weighted by Crippen LogP contribution is -2.29. The number of hydrogen-bond donors (Lipinski definition) is 3. The summed E-state index contributed by atoms with van der Waals surface area (Å²) in [5.74, 6) is 1.04. The van der Waals surface area contributed by atoms with Crippen LogP contribution in [0.4, 0.5) is 21.0 Å². The Morgan fingerprint density at radius 3 is 3.12 bits per heavy atom. The van der Waals surface area contributed by atoms with Crippen molar-refractivity contribution in [2.45, 2.75) is 13.2 Å². The number of anilines is 2. The first-order valence-electron chi connectivity index (χ1n) is 7.64. The van der Waals surface area contributed by atoms with Crippen LogP contribution in [-0.2, 0) is 22.6 Å². The Hall–Kier alpha value is -3.14. The lowest BCUT2D eigenvalue weighted by atomic mass is 10.2. The number of benzene rings is 1. The van der Waals surface area contributed by atoms with Crippen molar-refractivity contribution < 1.29 is 19.1 Å². The van der Waals surface area contributed by atoms with Crippen LogP contribution in [0.2, 0.25) is 0 Å². The second-order valence-corrected chi connectivity index (χ2v) is 5.26. The van der Waals surface area contributed by atoms with Gasteiger partial charge in [0.15, 0.2) is 5.82 Å². The quantitative estimate of drug-likeness (QED) is 0.723. The van der Waals surface area contributed by atoms with Gasteiger partial charge in [0, 0.05) is 18.5 Å². The van der Waals surface area contributed by atoms with Crippen LogP contribution in [0.15, 0.2) is 24.3 Å². The lowest BCUT2D eigenvalue weighted by molar-refractivity contribution is 0.178. The molecule has 0 saturated carbocycles. The highest BCUT2D eigenvalue weighted by molar-refractivity contribution is 5.93. The van der Waals surface area contributed by atoms with E-state index in [1.807, 2.05) is 0 Å². The fourth-order valence-electron chi connectivity index (χ4n) is 2.33. The first-order valence-corrected chi connectivity index (χ1v) is 7.64. The molecule has 0 spiro atoms. The van der Waals surface area contributed by atoms with Crippen molar-refractivity contribution in [3.8, 4) is 0 Å². The molecule has 1 aromatic carbocycles. The molecule has 0 bridgehead atoms. The van der Waals surface area contributed by atoms with Crippen LogP contribution in [0.25, 0.3) is 0 Å². The van der Waals surface area contributed by atoms with E-state index < -0.39 is 12.1 Å². The summed E-state index contributed by atoms with van der Waals surface area (Å²) in [4.78, 5) is 29.3. The zero-order chi connectivity index (χ0) is 17.6. The van der Waals surface area contributed by atoms with E-state index in [-0.39, 0.29) is 6.54 Å². The fraction of sp³-hybridized carbons (Fsp3) is 0.333. The highest BCUT2D eigenvalue weighted by Gasteiger charge is 2.23. The number of methoxy groups -OCH3 is 1. The predicted molar refractivity (Wildman–Crippen MR) is 88.1 cm³/mol. The van der Waals surface area contributed by atoms with E-state index in [9.17, 15) is 9.59 Å². The Labute approximate surface area is 143 Å². The number of aromatic amines is 1. The van der Waals surface area contributed by atoms with Crippen molar-refractivity contribution in [2.24, 2.45) is 0 Å². The normalized spacial score (nSPS) is 13.6. The van der Waals surface area contributed by atoms with Gasteiger partial charge in [-0.05, 0) is 18.2 Å². The molecular weight excluding hydrogens is 328 g/mol. The van der Waals surface area contributed by atoms with Gasteiger partial charge >= 0.3 is 12.1 Å². The van der Waals surface area contributed by atoms with Crippen LogP contribution in [0.1, 0.15) is 11.6 Å². The molecule has 1 aliphatic rings. The minimum atomic E-state index is -0.397. The van der Waals surface area contributed by atoms with E-state index in [2.05, 4.69) is 25.8 Å². The third kappa shape index (κ3) is 4.23. The number of rotatable bonds is 6. The average molecular weight is 346 g/mol. The van der Waals surface area contributed by atoms with Crippen molar-refractivity contribution in [1.82, 2.24) is 20.5 Å². The van der Waals surface area contributed by atoms with E-state index in [0.717, 1.165) is 0 Å². The largest absolute Gasteiger partial charge is 0.447 e. The zero-order valence-corrected chi connectivity index (χ0v) is 13.6. The van der Waals surface area contributed by atoms with Crippen molar-refractivity contribution >= 4 is 23.5 Å². The number of H-pyrrole nitrogens is 1. The van der Waals surface area contributed by atoms with Gasteiger partial charge in [0.05, 0.1) is 13.1 Å². The van der Waals surface area contributed by atoms with Crippen LogP contribution in [-0.4, -0.2) is 47.6 Å². The standard InChI is InChI=1S/C15H18N6O4/c1-24-9-13-18-12(19-20-13)8-16-14(22)17-10-3-2-4-11(7-10)21-5-6-25-15(21)23/h2-4,7H,5-6,8-9H2,1H3,(H2,16,17,22)(H,18,19,20). The number of nitrogens with one attached hydrogen (secondary N) is 3. The molecular formula is C15H18N6O4. The van der Waals surface area contributed by atoms with E-state index >= 15 is 0 Å². The Kier molecular flexibility index (Phi) is 5.09. The van der Waals surface area contributed by atoms with Gasteiger partial charge in [-0.2, -0.15) is 5.10 Å². The molecule has 10 heteroatoms. The number of cyclic esters (lactones) is 1. The molecule has 3 rings (SSSR count). The smallest absolute Gasteiger partial charge is 0.414 e. The molecule has 25 heavy (non-hydrogen) atoms. The molecule has 0 unspecified atom stereocenters. The average Bonchev–Trinajstić information content (AvgIpc) is 3.22. The van der Waals surface area contributed by atoms with E-state index in [0.29, 0.717) is 42.8 Å². The Balaban J connectivity index is 1.54. The molecule has 2 aromatic rings. The molecule has 132 valence electrons. The number of carbonyl (C=O) groups is 2. The monoisotopic (exact) mass is 346 g/mol. The first-order chi connectivity index (χ1) is 12.2. The molecule has 1 saturated heterocycles. The molecule has 1 fully saturated rings. The highest BCUT2D eigenvalue weighted by atomic mass is 16.6. The van der Waals surface area contributed by atoms with Crippen molar-refractivity contribution in [3.05, 3.63) is 35.9 Å². The zero-order valence-electron chi connectivity index (χ0n) is 13.6. The van der Waals surface area contributed by atoms with Crippen LogP contribution >= 0.6 is 0 Å². The second-order valence-electron chi connectivity index (χ2n) is 5.26. The van der Waals surface area contributed by atoms with Crippen LogP contribution in [0, 0.1) is 0 Å². The third-order valence-electron chi connectivity index (χ3n) is 3.44. The van der Waals surface area contributed by atoms with Gasteiger partial charge in [0.25, 0.3) is 0 Å². The molecule has 3 N–H and O–H groups in total. The fourth-order valence-corrected chi connectivity index (χ4v) is 2.33. The Morgan fingerprint density at radius 1 is 1.48 bits per heavy atom. The first kappa shape index (κ1) is 16.7. The molecule has 1 aliphatic heterocycles. The third-order valence-corrected chi connectivity index (χ3v) is 3.44. The number of hydrogen-bond acceptors (Lipinski definition) is 6. The van der Waals surface area contributed by atoms with Gasteiger partial charge < -0.3 is 20.1 Å². The van der Waals surface area contributed by atoms with Crippen molar-refractivity contribution in [1.29, 1.82) is 0 Å². The SMILES string of the molecule is COCc1n[nH]c(CNC(=O)Nc2cccc(N3CCOC3=O)c2)n1. The van der Waals surface area contributed by atoms with Crippen LogP contribution < -0.4 is 15.5 Å². The Morgan fingerprint density at radius 2 is 2.36 bits per heavy atom. The minimum absolute atomic E-state index is 0.195. The van der Waals surface area contributed by atoms with E-state index in [1.54, 1.807) is 31.4 Å². The van der Waals surface area contributed by atoms with Gasteiger partial charge in [-0.1, -0.05) is 6.07 Å². The summed E-state index contributed by atoms with van der Waals surface area (Å²) in [5, 5.41) is 12.0. The van der Waals surface area contributed by atoms with Gasteiger partial charge in [0.2, 0.25) is 0 Å².